The molecule has 2 N–H and O–H groups in total. The second kappa shape index (κ2) is 9.27. The maximum Gasteiger partial charge on any atom is 0.339 e. The van der Waals surface area contributed by atoms with Gasteiger partial charge in [0.25, 0.3) is 0 Å². The fourth-order valence-electron chi connectivity index (χ4n) is 6.72. The molecule has 1 saturated carbocycles. The van der Waals surface area contributed by atoms with Gasteiger partial charge in [0.2, 0.25) is 0 Å². The third-order valence-electron chi connectivity index (χ3n) is 8.87. The quantitative estimate of drug-likeness (QED) is 0.577. The number of ether oxygens (including phenoxy) is 1. The van der Waals surface area contributed by atoms with Gasteiger partial charge in [-0.2, -0.15) is 5.26 Å². The van der Waals surface area contributed by atoms with Gasteiger partial charge in [0.15, 0.2) is 0 Å². The Balaban J connectivity index is 1.18. The summed E-state index contributed by atoms with van der Waals surface area (Å²) in [5.74, 6) is -0.0445. The van der Waals surface area contributed by atoms with Crippen molar-refractivity contribution in [3.8, 4) is 17.2 Å². The first-order valence-electron chi connectivity index (χ1n) is 13.3. The van der Waals surface area contributed by atoms with Crippen LogP contribution in [0.3, 0.4) is 0 Å². The molecule has 3 heterocycles. The molecule has 0 aromatic heterocycles. The van der Waals surface area contributed by atoms with Gasteiger partial charge in [0, 0.05) is 55.7 Å². The second-order valence-electron chi connectivity index (χ2n) is 11.2. The van der Waals surface area contributed by atoms with Crippen molar-refractivity contribution in [2.24, 2.45) is 5.92 Å². The molecule has 3 aliphatic heterocycles. The Bertz CT molecular complexity index is 1290. The van der Waals surface area contributed by atoms with Crippen LogP contribution in [0.15, 0.2) is 48.7 Å². The number of nitriles is 1. The van der Waals surface area contributed by atoms with Crippen molar-refractivity contribution in [3.05, 3.63) is 71.2 Å². The standard InChI is InChI=1S/C30H33FN4O2/c1-18(28-22-5-7-23(14-22)34-28)33-24(17-32)13-21-4-3-20(16-27(21)31)19-6-8-25-26(15-19)30(37-29(25)36)9-11-35(2)12-10-30/h3-4,6,8,15-16,22-24,28,33-34H,1,5,7,9-14H2,2H3/t22?,23?,24-,28?/m0/s1. The Hall–Kier alpha value is -3.21. The van der Waals surface area contributed by atoms with Crippen LogP contribution in [0.1, 0.15) is 53.6 Å². The lowest BCUT2D eigenvalue weighted by molar-refractivity contribution is -0.0394. The predicted octanol–water partition coefficient (Wildman–Crippen LogP) is 4.26. The lowest BCUT2D eigenvalue weighted by Gasteiger charge is -2.37. The van der Waals surface area contributed by atoms with Gasteiger partial charge >= 0.3 is 5.97 Å². The SMILES string of the molecule is C=C(N[C@H](C#N)Cc1ccc(-c2ccc3c(c2)C2(CCN(C)CC2)OC3=O)cc1F)C1NC2CCC1C2. The van der Waals surface area contributed by atoms with Crippen molar-refractivity contribution in [1.29, 1.82) is 5.26 Å². The number of carbonyl (C=O) groups excluding carboxylic acids is 1. The van der Waals surface area contributed by atoms with Crippen LogP contribution in [-0.4, -0.2) is 49.1 Å². The fourth-order valence-corrected chi connectivity index (χ4v) is 6.72. The van der Waals surface area contributed by atoms with Gasteiger partial charge in [-0.3, -0.25) is 0 Å². The van der Waals surface area contributed by atoms with Crippen molar-refractivity contribution in [2.75, 3.05) is 20.1 Å². The highest BCUT2D eigenvalue weighted by atomic mass is 19.1. The molecule has 2 bridgehead atoms. The van der Waals surface area contributed by atoms with E-state index in [4.69, 9.17) is 4.74 Å². The molecule has 3 unspecified atom stereocenters. The first kappa shape index (κ1) is 24.1. The Morgan fingerprint density at radius 3 is 2.70 bits per heavy atom. The normalized spacial score (nSPS) is 26.5. The van der Waals surface area contributed by atoms with Crippen molar-refractivity contribution in [1.82, 2.24) is 15.5 Å². The maximum atomic E-state index is 15.3. The van der Waals surface area contributed by atoms with Crippen molar-refractivity contribution < 1.29 is 13.9 Å². The topological polar surface area (TPSA) is 77.4 Å². The van der Waals surface area contributed by atoms with Crippen LogP contribution in [0.25, 0.3) is 11.1 Å². The zero-order valence-corrected chi connectivity index (χ0v) is 21.2. The third kappa shape index (κ3) is 4.32. The summed E-state index contributed by atoms with van der Waals surface area (Å²) < 4.78 is 21.2. The number of likely N-dealkylation sites (tertiary alicyclic amines) is 1. The van der Waals surface area contributed by atoms with Gasteiger partial charge in [-0.15, -0.1) is 0 Å². The highest BCUT2D eigenvalue weighted by molar-refractivity contribution is 5.95. The molecule has 2 aromatic carbocycles. The zero-order valence-electron chi connectivity index (χ0n) is 21.2. The molecule has 7 heteroatoms. The summed E-state index contributed by atoms with van der Waals surface area (Å²) in [5.41, 5.74) is 3.84. The van der Waals surface area contributed by atoms with Crippen LogP contribution in [-0.2, 0) is 16.8 Å². The minimum Gasteiger partial charge on any atom is -0.450 e. The van der Waals surface area contributed by atoms with Gasteiger partial charge in [-0.1, -0.05) is 24.8 Å². The highest BCUT2D eigenvalue weighted by Gasteiger charge is 2.47. The highest BCUT2D eigenvalue weighted by Crippen LogP contribution is 2.45. The minimum absolute atomic E-state index is 0.186. The predicted molar refractivity (Wildman–Crippen MR) is 139 cm³/mol. The first-order valence-corrected chi connectivity index (χ1v) is 13.3. The van der Waals surface area contributed by atoms with E-state index in [9.17, 15) is 10.1 Å². The van der Waals surface area contributed by atoms with Crippen molar-refractivity contribution >= 4 is 5.97 Å². The van der Waals surface area contributed by atoms with Gasteiger partial charge < -0.3 is 20.3 Å². The molecule has 0 radical (unpaired) electrons. The zero-order chi connectivity index (χ0) is 25.7. The van der Waals surface area contributed by atoms with Crippen molar-refractivity contribution in [3.63, 3.8) is 0 Å². The van der Waals surface area contributed by atoms with E-state index in [-0.39, 0.29) is 24.2 Å². The largest absolute Gasteiger partial charge is 0.450 e. The van der Waals surface area contributed by atoms with E-state index >= 15 is 4.39 Å². The number of benzene rings is 2. The molecular formula is C30H33FN4O2. The molecule has 4 aliphatic rings. The van der Waals surface area contributed by atoms with Gasteiger partial charge in [-0.25, -0.2) is 9.18 Å². The van der Waals surface area contributed by atoms with E-state index in [1.807, 2.05) is 18.2 Å². The summed E-state index contributed by atoms with van der Waals surface area (Å²) in [6.45, 7) is 5.90. The summed E-state index contributed by atoms with van der Waals surface area (Å²) in [5, 5.41) is 16.6. The lowest BCUT2D eigenvalue weighted by Crippen LogP contribution is -2.43. The number of nitrogens with one attached hydrogen (secondary N) is 2. The Morgan fingerprint density at radius 1 is 1.27 bits per heavy atom. The van der Waals surface area contributed by atoms with E-state index in [0.29, 0.717) is 23.1 Å². The number of hydrogen-bond donors (Lipinski definition) is 2. The molecule has 0 amide bonds. The van der Waals surface area contributed by atoms with Crippen LogP contribution >= 0.6 is 0 Å². The minimum atomic E-state index is -0.588. The van der Waals surface area contributed by atoms with Crippen LogP contribution < -0.4 is 10.6 Å². The summed E-state index contributed by atoms with van der Waals surface area (Å²) in [4.78, 5) is 14.8. The molecule has 6 nitrogen and oxygen atoms in total. The maximum absolute atomic E-state index is 15.3. The van der Waals surface area contributed by atoms with E-state index in [1.54, 1.807) is 12.1 Å². The average molecular weight is 501 g/mol. The summed E-state index contributed by atoms with van der Waals surface area (Å²) in [6, 6.07) is 13.3. The summed E-state index contributed by atoms with van der Waals surface area (Å²) >= 11 is 0. The Labute approximate surface area is 217 Å². The van der Waals surface area contributed by atoms with Gasteiger partial charge in [0.1, 0.15) is 17.5 Å². The molecule has 192 valence electrons. The number of rotatable bonds is 6. The van der Waals surface area contributed by atoms with Crippen LogP contribution in [0.4, 0.5) is 4.39 Å². The number of piperidine rings is 2. The molecule has 37 heavy (non-hydrogen) atoms. The second-order valence-corrected chi connectivity index (χ2v) is 11.2. The smallest absolute Gasteiger partial charge is 0.339 e. The van der Waals surface area contributed by atoms with Gasteiger partial charge in [-0.05, 0) is 67.1 Å². The molecule has 1 spiro atoms. The molecule has 3 fully saturated rings. The van der Waals surface area contributed by atoms with E-state index < -0.39 is 11.6 Å². The molecule has 4 atom stereocenters. The Kier molecular flexibility index (Phi) is 6.05. The van der Waals surface area contributed by atoms with E-state index in [0.717, 1.165) is 48.3 Å². The number of esters is 1. The molecule has 1 aliphatic carbocycles. The van der Waals surface area contributed by atoms with E-state index in [2.05, 4.69) is 35.2 Å². The van der Waals surface area contributed by atoms with Crippen LogP contribution in [0, 0.1) is 23.1 Å². The number of carbonyl (C=O) groups is 1. The molecular weight excluding hydrogens is 467 g/mol. The summed E-state index contributed by atoms with van der Waals surface area (Å²) in [6.07, 6.45) is 5.33. The van der Waals surface area contributed by atoms with Crippen LogP contribution in [0.2, 0.25) is 0 Å². The van der Waals surface area contributed by atoms with E-state index in [1.165, 1.54) is 25.3 Å². The number of nitrogens with zero attached hydrogens (tertiary/aromatic N) is 2. The van der Waals surface area contributed by atoms with Crippen molar-refractivity contribution in [2.45, 2.75) is 62.3 Å². The Morgan fingerprint density at radius 2 is 2.03 bits per heavy atom. The molecule has 2 saturated heterocycles. The number of fused-ring (bicyclic) bond motifs is 4. The average Bonchev–Trinajstić information content (AvgIpc) is 3.60. The third-order valence-corrected chi connectivity index (χ3v) is 8.87. The monoisotopic (exact) mass is 500 g/mol. The van der Waals surface area contributed by atoms with Crippen LogP contribution in [0.5, 0.6) is 0 Å². The molecule has 6 rings (SSSR count). The number of halogens is 1. The first-order chi connectivity index (χ1) is 17.8. The molecule has 2 aromatic rings. The number of hydrogen-bond acceptors (Lipinski definition) is 6. The summed E-state index contributed by atoms with van der Waals surface area (Å²) in [7, 11) is 2.07. The lowest BCUT2D eigenvalue weighted by atomic mass is 9.82. The fraction of sp³-hybridized carbons (Fsp3) is 0.467. The van der Waals surface area contributed by atoms with Gasteiger partial charge in [0.05, 0.1) is 11.6 Å².